The Kier molecular flexibility index (Phi) is 5.04. The lowest BCUT2D eigenvalue weighted by Gasteiger charge is -2.30. The zero-order valence-corrected chi connectivity index (χ0v) is 13.7. The third-order valence-electron chi connectivity index (χ3n) is 4.76. The summed E-state index contributed by atoms with van der Waals surface area (Å²) in [6.45, 7) is 8.81. The summed E-state index contributed by atoms with van der Waals surface area (Å²) in [5.74, 6) is 0. The molecule has 1 atom stereocenters. The van der Waals surface area contributed by atoms with Crippen molar-refractivity contribution in [2.45, 2.75) is 38.8 Å². The van der Waals surface area contributed by atoms with Crippen molar-refractivity contribution in [1.29, 1.82) is 0 Å². The van der Waals surface area contributed by atoms with Crippen LogP contribution in [0.1, 0.15) is 31.7 Å². The van der Waals surface area contributed by atoms with Gasteiger partial charge in [-0.15, -0.1) is 0 Å². The second-order valence-electron chi connectivity index (χ2n) is 6.16. The fraction of sp³-hybridized carbons (Fsp3) is 0.647. The summed E-state index contributed by atoms with van der Waals surface area (Å²) in [7, 11) is 0. The van der Waals surface area contributed by atoms with Crippen LogP contribution in [0.5, 0.6) is 0 Å². The normalized spacial score (nSPS) is 23.1. The van der Waals surface area contributed by atoms with E-state index in [0.29, 0.717) is 0 Å². The lowest BCUT2D eigenvalue weighted by molar-refractivity contribution is 0.273. The highest BCUT2D eigenvalue weighted by Crippen LogP contribution is 2.33. The van der Waals surface area contributed by atoms with Crippen molar-refractivity contribution < 1.29 is 0 Å². The zero-order valence-electron chi connectivity index (χ0n) is 12.9. The molecule has 3 rings (SSSR count). The lowest BCUT2D eigenvalue weighted by atomic mass is 10.1. The van der Waals surface area contributed by atoms with Gasteiger partial charge >= 0.3 is 0 Å². The van der Waals surface area contributed by atoms with Gasteiger partial charge in [-0.3, -0.25) is 4.90 Å². The van der Waals surface area contributed by atoms with E-state index in [0.717, 1.165) is 37.2 Å². The van der Waals surface area contributed by atoms with Crippen molar-refractivity contribution in [3.8, 4) is 0 Å². The first-order valence-electron chi connectivity index (χ1n) is 8.26. The highest BCUT2D eigenvalue weighted by atomic mass is 35.5. The molecule has 0 aromatic heterocycles. The van der Waals surface area contributed by atoms with Crippen molar-refractivity contribution in [3.63, 3.8) is 0 Å². The van der Waals surface area contributed by atoms with Gasteiger partial charge in [-0.1, -0.05) is 30.7 Å². The minimum absolute atomic E-state index is 0.718. The average Bonchev–Trinajstić information content (AvgIpc) is 2.83. The summed E-state index contributed by atoms with van der Waals surface area (Å²) in [4.78, 5) is 5.20. The first kappa shape index (κ1) is 15.1. The molecule has 1 aromatic carbocycles. The van der Waals surface area contributed by atoms with Gasteiger partial charge in [-0.05, 0) is 44.0 Å². The fourth-order valence-electron chi connectivity index (χ4n) is 3.73. The van der Waals surface area contributed by atoms with E-state index in [4.69, 9.17) is 11.6 Å². The molecule has 116 valence electrons. The summed E-state index contributed by atoms with van der Waals surface area (Å²) >= 11 is 6.55. The molecular weight excluding hydrogens is 282 g/mol. The third-order valence-corrected chi connectivity index (χ3v) is 5.06. The van der Waals surface area contributed by atoms with E-state index in [1.165, 1.54) is 43.6 Å². The van der Waals surface area contributed by atoms with Crippen molar-refractivity contribution in [3.05, 3.63) is 28.8 Å². The highest BCUT2D eigenvalue weighted by Gasteiger charge is 2.30. The number of benzene rings is 1. The number of nitrogens with one attached hydrogen (secondary N) is 1. The number of anilines is 1. The van der Waals surface area contributed by atoms with E-state index in [9.17, 15) is 0 Å². The minimum atomic E-state index is 0.718. The van der Waals surface area contributed by atoms with Crippen molar-refractivity contribution in [2.24, 2.45) is 0 Å². The summed E-state index contributed by atoms with van der Waals surface area (Å²) in [6.07, 6.45) is 3.93. The van der Waals surface area contributed by atoms with Gasteiger partial charge in [0.15, 0.2) is 0 Å². The van der Waals surface area contributed by atoms with E-state index in [1.807, 2.05) is 6.07 Å². The monoisotopic (exact) mass is 307 g/mol. The van der Waals surface area contributed by atoms with Gasteiger partial charge in [-0.25, -0.2) is 0 Å². The van der Waals surface area contributed by atoms with Crippen molar-refractivity contribution in [1.82, 2.24) is 10.2 Å². The van der Waals surface area contributed by atoms with E-state index < -0.39 is 0 Å². The van der Waals surface area contributed by atoms with E-state index in [1.54, 1.807) is 0 Å². The number of nitrogens with zero attached hydrogens (tertiary/aromatic N) is 2. The molecule has 2 fully saturated rings. The van der Waals surface area contributed by atoms with Crippen molar-refractivity contribution >= 4 is 17.3 Å². The molecule has 21 heavy (non-hydrogen) atoms. The topological polar surface area (TPSA) is 18.5 Å². The maximum atomic E-state index is 6.55. The molecule has 2 saturated heterocycles. The molecule has 0 amide bonds. The van der Waals surface area contributed by atoms with E-state index in [2.05, 4.69) is 34.2 Å². The summed E-state index contributed by atoms with van der Waals surface area (Å²) in [5.41, 5.74) is 2.59. The predicted molar refractivity (Wildman–Crippen MR) is 90.3 cm³/mol. The average molecular weight is 308 g/mol. The molecule has 1 N–H and O–H groups in total. The van der Waals surface area contributed by atoms with Crippen molar-refractivity contribution in [2.75, 3.05) is 37.6 Å². The molecule has 0 spiro atoms. The molecule has 2 aliphatic rings. The Morgan fingerprint density at radius 1 is 1.24 bits per heavy atom. The van der Waals surface area contributed by atoms with Crippen LogP contribution in [0, 0.1) is 0 Å². The fourth-order valence-corrected chi connectivity index (χ4v) is 4.04. The van der Waals surface area contributed by atoms with Gasteiger partial charge < -0.3 is 10.2 Å². The smallest absolute Gasteiger partial charge is 0.0642 e. The molecule has 1 unspecified atom stereocenters. The van der Waals surface area contributed by atoms with Gasteiger partial charge in [0.25, 0.3) is 0 Å². The maximum Gasteiger partial charge on any atom is 0.0642 e. The van der Waals surface area contributed by atoms with Gasteiger partial charge in [0, 0.05) is 32.2 Å². The SMILES string of the molecule is CCNCc1cccc(Cl)c1N1CCCN2CCCC2C1. The summed E-state index contributed by atoms with van der Waals surface area (Å²) < 4.78 is 0. The first-order chi connectivity index (χ1) is 10.3. The molecule has 0 saturated carbocycles. The first-order valence-corrected chi connectivity index (χ1v) is 8.64. The Labute approximate surface area is 133 Å². The van der Waals surface area contributed by atoms with Crippen LogP contribution in [0.4, 0.5) is 5.69 Å². The minimum Gasteiger partial charge on any atom is -0.368 e. The van der Waals surface area contributed by atoms with Crippen LogP contribution < -0.4 is 10.2 Å². The lowest BCUT2D eigenvalue weighted by Crippen LogP contribution is -2.37. The molecule has 3 nitrogen and oxygen atoms in total. The maximum absolute atomic E-state index is 6.55. The van der Waals surface area contributed by atoms with Gasteiger partial charge in [-0.2, -0.15) is 0 Å². The molecule has 2 aliphatic heterocycles. The molecular formula is C17H26ClN3. The van der Waals surface area contributed by atoms with Crippen LogP contribution in [0.3, 0.4) is 0 Å². The third kappa shape index (κ3) is 3.36. The Balaban J connectivity index is 1.84. The number of para-hydroxylation sites is 1. The summed E-state index contributed by atoms with van der Waals surface area (Å²) in [5, 5.41) is 4.34. The Bertz CT molecular complexity index is 477. The van der Waals surface area contributed by atoms with Gasteiger partial charge in [0.1, 0.15) is 0 Å². The van der Waals surface area contributed by atoms with Crippen LogP contribution >= 0.6 is 11.6 Å². The number of hydrogen-bond donors (Lipinski definition) is 1. The Morgan fingerprint density at radius 3 is 2.95 bits per heavy atom. The molecule has 0 aliphatic carbocycles. The second-order valence-corrected chi connectivity index (χ2v) is 6.57. The van der Waals surface area contributed by atoms with Crippen LogP contribution in [-0.2, 0) is 6.54 Å². The molecule has 2 heterocycles. The molecule has 1 aromatic rings. The predicted octanol–water partition coefficient (Wildman–Crippen LogP) is 3.12. The largest absolute Gasteiger partial charge is 0.368 e. The zero-order chi connectivity index (χ0) is 14.7. The van der Waals surface area contributed by atoms with Crippen LogP contribution in [0.15, 0.2) is 18.2 Å². The number of fused-ring (bicyclic) bond motifs is 1. The highest BCUT2D eigenvalue weighted by molar-refractivity contribution is 6.33. The number of rotatable bonds is 4. The van der Waals surface area contributed by atoms with Crippen LogP contribution in [-0.4, -0.2) is 43.7 Å². The van der Waals surface area contributed by atoms with E-state index in [-0.39, 0.29) is 0 Å². The molecule has 4 heteroatoms. The molecule has 0 bridgehead atoms. The second kappa shape index (κ2) is 6.99. The number of hydrogen-bond acceptors (Lipinski definition) is 3. The van der Waals surface area contributed by atoms with Gasteiger partial charge in [0.2, 0.25) is 0 Å². The standard InChI is InChI=1S/C17H26ClN3/c1-2-19-12-14-6-3-8-16(18)17(14)21-11-5-10-20-9-4-7-15(20)13-21/h3,6,8,15,19H,2,4-5,7,9-13H2,1H3. The Hall–Kier alpha value is -0.770. The summed E-state index contributed by atoms with van der Waals surface area (Å²) in [6, 6.07) is 7.03. The number of halogens is 1. The quantitative estimate of drug-likeness (QED) is 0.922. The van der Waals surface area contributed by atoms with E-state index >= 15 is 0 Å². The Morgan fingerprint density at radius 2 is 2.10 bits per heavy atom. The molecule has 0 radical (unpaired) electrons. The van der Waals surface area contributed by atoms with Crippen LogP contribution in [0.2, 0.25) is 5.02 Å². The van der Waals surface area contributed by atoms with Gasteiger partial charge in [0.05, 0.1) is 10.7 Å². The van der Waals surface area contributed by atoms with Crippen LogP contribution in [0.25, 0.3) is 0 Å².